The summed E-state index contributed by atoms with van der Waals surface area (Å²) in [7, 11) is 1.58. The predicted octanol–water partition coefficient (Wildman–Crippen LogP) is 4.04. The number of ether oxygens (including phenoxy) is 1. The Bertz CT molecular complexity index is 730. The Morgan fingerprint density at radius 2 is 2.09 bits per heavy atom. The first-order valence-electron chi connectivity index (χ1n) is 7.92. The van der Waals surface area contributed by atoms with Gasteiger partial charge in [0.15, 0.2) is 0 Å². The smallest absolute Gasteiger partial charge is 0.255 e. The fraction of sp³-hybridized carbons (Fsp3) is 0.421. The zero-order chi connectivity index (χ0) is 16.6. The summed E-state index contributed by atoms with van der Waals surface area (Å²) in [6, 6.07) is 7.25. The number of fused-ring (bicyclic) bond motifs is 1. The summed E-state index contributed by atoms with van der Waals surface area (Å²) in [5.74, 6) is 1.46. The highest BCUT2D eigenvalue weighted by molar-refractivity contribution is 5.97. The van der Waals surface area contributed by atoms with E-state index in [0.29, 0.717) is 11.3 Å². The van der Waals surface area contributed by atoms with Gasteiger partial charge < -0.3 is 14.5 Å². The van der Waals surface area contributed by atoms with Gasteiger partial charge >= 0.3 is 0 Å². The molecule has 4 heteroatoms. The average Bonchev–Trinajstić information content (AvgIpc) is 2.86. The minimum Gasteiger partial charge on any atom is -0.496 e. The number of amides is 1. The van der Waals surface area contributed by atoms with Crippen LogP contribution in [0.4, 0.5) is 0 Å². The molecule has 1 heterocycles. The third kappa shape index (κ3) is 2.98. The molecule has 1 N–H and O–H groups in total. The van der Waals surface area contributed by atoms with Crippen LogP contribution in [0.5, 0.6) is 5.75 Å². The summed E-state index contributed by atoms with van der Waals surface area (Å²) in [5.41, 5.74) is 2.88. The van der Waals surface area contributed by atoms with Crippen LogP contribution in [-0.4, -0.2) is 13.0 Å². The molecular weight excluding hydrogens is 290 g/mol. The lowest BCUT2D eigenvalue weighted by Gasteiger charge is -2.35. The van der Waals surface area contributed by atoms with Gasteiger partial charge in [0.2, 0.25) is 0 Å². The van der Waals surface area contributed by atoms with Crippen LogP contribution in [0.2, 0.25) is 0 Å². The van der Waals surface area contributed by atoms with Gasteiger partial charge in [0.25, 0.3) is 5.91 Å². The van der Waals surface area contributed by atoms with E-state index in [4.69, 9.17) is 9.15 Å². The molecule has 1 atom stereocenters. The minimum atomic E-state index is -0.114. The SMILES string of the molecule is COc1ccccc1C(=O)NC1CC(C)(C)Cc2occ(C)c21. The molecule has 1 aromatic carbocycles. The molecule has 0 bridgehead atoms. The van der Waals surface area contributed by atoms with E-state index in [9.17, 15) is 4.79 Å². The van der Waals surface area contributed by atoms with Crippen LogP contribution in [0.25, 0.3) is 0 Å². The van der Waals surface area contributed by atoms with Crippen molar-refractivity contribution in [2.24, 2.45) is 5.41 Å². The van der Waals surface area contributed by atoms with E-state index in [1.54, 1.807) is 25.5 Å². The van der Waals surface area contributed by atoms with E-state index in [1.807, 2.05) is 19.1 Å². The van der Waals surface area contributed by atoms with Gasteiger partial charge in [0, 0.05) is 12.0 Å². The van der Waals surface area contributed by atoms with Crippen molar-refractivity contribution < 1.29 is 13.9 Å². The summed E-state index contributed by atoms with van der Waals surface area (Å²) in [6.45, 7) is 6.44. The molecule has 0 aliphatic heterocycles. The van der Waals surface area contributed by atoms with E-state index >= 15 is 0 Å². The summed E-state index contributed by atoms with van der Waals surface area (Å²) in [5, 5.41) is 3.17. The van der Waals surface area contributed by atoms with E-state index in [-0.39, 0.29) is 17.4 Å². The number of hydrogen-bond donors (Lipinski definition) is 1. The first-order valence-corrected chi connectivity index (χ1v) is 7.92. The monoisotopic (exact) mass is 313 g/mol. The average molecular weight is 313 g/mol. The molecule has 2 aromatic rings. The highest BCUT2D eigenvalue weighted by Crippen LogP contribution is 2.43. The third-order valence-corrected chi connectivity index (χ3v) is 4.50. The maximum absolute atomic E-state index is 12.7. The summed E-state index contributed by atoms with van der Waals surface area (Å²) in [4.78, 5) is 12.7. The van der Waals surface area contributed by atoms with Gasteiger partial charge in [0.1, 0.15) is 11.5 Å². The number of nitrogens with one attached hydrogen (secondary N) is 1. The first-order chi connectivity index (χ1) is 10.9. The van der Waals surface area contributed by atoms with Crippen LogP contribution < -0.4 is 10.1 Å². The van der Waals surface area contributed by atoms with E-state index in [0.717, 1.165) is 29.7 Å². The fourth-order valence-electron chi connectivity index (χ4n) is 3.47. The molecule has 122 valence electrons. The van der Waals surface area contributed by atoms with Crippen molar-refractivity contribution in [3.8, 4) is 5.75 Å². The lowest BCUT2D eigenvalue weighted by molar-refractivity contribution is 0.0914. The Hall–Kier alpha value is -2.23. The van der Waals surface area contributed by atoms with Gasteiger partial charge in [-0.2, -0.15) is 0 Å². The zero-order valence-corrected chi connectivity index (χ0v) is 14.1. The number of aryl methyl sites for hydroxylation is 1. The maximum Gasteiger partial charge on any atom is 0.255 e. The van der Waals surface area contributed by atoms with E-state index in [1.165, 1.54) is 0 Å². The number of carbonyl (C=O) groups excluding carboxylic acids is 1. The van der Waals surface area contributed by atoms with Crippen molar-refractivity contribution in [3.05, 3.63) is 53.0 Å². The van der Waals surface area contributed by atoms with Gasteiger partial charge in [-0.25, -0.2) is 0 Å². The summed E-state index contributed by atoms with van der Waals surface area (Å²) >= 11 is 0. The number of para-hydroxylation sites is 1. The molecule has 0 fully saturated rings. The highest BCUT2D eigenvalue weighted by atomic mass is 16.5. The molecule has 0 saturated carbocycles. The van der Waals surface area contributed by atoms with E-state index in [2.05, 4.69) is 19.2 Å². The number of furan rings is 1. The van der Waals surface area contributed by atoms with Gasteiger partial charge in [-0.1, -0.05) is 26.0 Å². The number of carbonyl (C=O) groups is 1. The van der Waals surface area contributed by atoms with Crippen molar-refractivity contribution in [2.75, 3.05) is 7.11 Å². The number of methoxy groups -OCH3 is 1. The van der Waals surface area contributed by atoms with Gasteiger partial charge in [-0.15, -0.1) is 0 Å². The molecule has 4 nitrogen and oxygen atoms in total. The topological polar surface area (TPSA) is 51.5 Å². The van der Waals surface area contributed by atoms with Gasteiger partial charge in [0.05, 0.1) is 25.0 Å². The minimum absolute atomic E-state index is 0.0371. The molecule has 0 radical (unpaired) electrons. The number of hydrogen-bond acceptors (Lipinski definition) is 3. The zero-order valence-electron chi connectivity index (χ0n) is 14.1. The van der Waals surface area contributed by atoms with Crippen LogP contribution in [0.1, 0.15) is 53.6 Å². The van der Waals surface area contributed by atoms with Crippen LogP contribution in [0, 0.1) is 12.3 Å². The number of benzene rings is 1. The van der Waals surface area contributed by atoms with Gasteiger partial charge in [-0.05, 0) is 36.5 Å². The lowest BCUT2D eigenvalue weighted by Crippen LogP contribution is -2.36. The predicted molar refractivity (Wildman–Crippen MR) is 88.7 cm³/mol. The fourth-order valence-corrected chi connectivity index (χ4v) is 3.47. The van der Waals surface area contributed by atoms with Crippen molar-refractivity contribution >= 4 is 5.91 Å². The number of rotatable bonds is 3. The van der Waals surface area contributed by atoms with Crippen LogP contribution in [0.15, 0.2) is 34.9 Å². The van der Waals surface area contributed by atoms with Crippen molar-refractivity contribution in [2.45, 2.75) is 39.7 Å². The first kappa shape index (κ1) is 15.7. The summed E-state index contributed by atoms with van der Waals surface area (Å²) in [6.07, 6.45) is 3.58. The molecule has 1 aliphatic rings. The largest absolute Gasteiger partial charge is 0.496 e. The third-order valence-electron chi connectivity index (χ3n) is 4.50. The molecule has 0 saturated heterocycles. The molecule has 1 amide bonds. The molecule has 0 spiro atoms. The normalized spacial score (nSPS) is 19.0. The lowest BCUT2D eigenvalue weighted by atomic mass is 9.74. The second kappa shape index (κ2) is 5.76. The van der Waals surface area contributed by atoms with Crippen LogP contribution in [0.3, 0.4) is 0 Å². The molecular formula is C19H23NO3. The van der Waals surface area contributed by atoms with Crippen molar-refractivity contribution in [1.82, 2.24) is 5.32 Å². The molecule has 1 aromatic heterocycles. The van der Waals surface area contributed by atoms with Crippen molar-refractivity contribution in [1.29, 1.82) is 0 Å². The van der Waals surface area contributed by atoms with E-state index < -0.39 is 0 Å². The Morgan fingerprint density at radius 1 is 1.35 bits per heavy atom. The van der Waals surface area contributed by atoms with Crippen LogP contribution in [-0.2, 0) is 6.42 Å². The maximum atomic E-state index is 12.7. The molecule has 1 aliphatic carbocycles. The van der Waals surface area contributed by atoms with Crippen molar-refractivity contribution in [3.63, 3.8) is 0 Å². The standard InChI is InChI=1S/C19H23NO3/c1-12-11-23-16-10-19(2,3)9-14(17(12)16)20-18(21)13-7-5-6-8-15(13)22-4/h5-8,11,14H,9-10H2,1-4H3,(H,20,21). The molecule has 1 unspecified atom stereocenters. The quantitative estimate of drug-likeness (QED) is 0.930. The summed E-state index contributed by atoms with van der Waals surface area (Å²) < 4.78 is 11.0. The molecule has 3 rings (SSSR count). The Balaban J connectivity index is 1.90. The Morgan fingerprint density at radius 3 is 2.83 bits per heavy atom. The van der Waals surface area contributed by atoms with Crippen LogP contribution >= 0.6 is 0 Å². The highest BCUT2D eigenvalue weighted by Gasteiger charge is 2.36. The molecule has 23 heavy (non-hydrogen) atoms. The Kier molecular flexibility index (Phi) is 3.92. The Labute approximate surface area is 136 Å². The second-order valence-corrected chi connectivity index (χ2v) is 7.03. The second-order valence-electron chi connectivity index (χ2n) is 7.03. The van der Waals surface area contributed by atoms with Gasteiger partial charge in [-0.3, -0.25) is 4.79 Å².